The Balaban J connectivity index is 2.35. The zero-order chi connectivity index (χ0) is 13.3. The van der Waals surface area contributed by atoms with Crippen LogP contribution in [-0.4, -0.2) is 22.2 Å². The van der Waals surface area contributed by atoms with Crippen molar-refractivity contribution in [3.8, 4) is 0 Å². The molecule has 5 nitrogen and oxygen atoms in total. The quantitative estimate of drug-likeness (QED) is 0.829. The molecule has 1 aliphatic heterocycles. The van der Waals surface area contributed by atoms with Crippen LogP contribution in [0.3, 0.4) is 0 Å². The van der Waals surface area contributed by atoms with Crippen molar-refractivity contribution in [2.24, 2.45) is 5.73 Å². The molecular weight excluding hydrogens is 249 g/mol. The maximum atomic E-state index is 12.8. The van der Waals surface area contributed by atoms with Crippen LogP contribution in [0.15, 0.2) is 0 Å². The molecule has 0 saturated carbocycles. The van der Waals surface area contributed by atoms with Crippen molar-refractivity contribution in [1.82, 2.24) is 15.1 Å². The van der Waals surface area contributed by atoms with Gasteiger partial charge in [-0.2, -0.15) is 18.3 Å². The topological polar surface area (TPSA) is 72.9 Å². The van der Waals surface area contributed by atoms with E-state index in [1.807, 2.05) is 0 Å². The zero-order valence-electron chi connectivity index (χ0n) is 9.55. The normalized spacial score (nSPS) is 15.5. The van der Waals surface area contributed by atoms with Crippen molar-refractivity contribution in [3.63, 3.8) is 0 Å². The van der Waals surface area contributed by atoms with Gasteiger partial charge >= 0.3 is 6.18 Å². The molecule has 3 N–H and O–H groups in total. The van der Waals surface area contributed by atoms with Crippen LogP contribution in [0.4, 0.5) is 13.2 Å². The van der Waals surface area contributed by atoms with Gasteiger partial charge in [0.25, 0.3) is 0 Å². The summed E-state index contributed by atoms with van der Waals surface area (Å²) in [7, 11) is 0. The number of aromatic nitrogens is 2. The van der Waals surface area contributed by atoms with E-state index < -0.39 is 17.8 Å². The summed E-state index contributed by atoms with van der Waals surface area (Å²) in [4.78, 5) is 10.7. The van der Waals surface area contributed by atoms with E-state index >= 15 is 0 Å². The third-order valence-corrected chi connectivity index (χ3v) is 2.85. The van der Waals surface area contributed by atoms with Crippen LogP contribution in [0.5, 0.6) is 0 Å². The Labute approximate surface area is 101 Å². The minimum Gasteiger partial charge on any atom is -0.370 e. The lowest BCUT2D eigenvalue weighted by atomic mass is 10.1. The Kier molecular flexibility index (Phi) is 3.29. The molecule has 1 aliphatic rings. The third kappa shape index (κ3) is 2.47. The molecule has 2 heterocycles. The Hall–Kier alpha value is -1.57. The molecule has 18 heavy (non-hydrogen) atoms. The average Bonchev–Trinajstić information content (AvgIpc) is 2.65. The largest absolute Gasteiger partial charge is 0.435 e. The Morgan fingerprint density at radius 3 is 2.83 bits per heavy atom. The van der Waals surface area contributed by atoms with Crippen LogP contribution in [-0.2, 0) is 30.5 Å². The number of aryl methyl sites for hydroxylation is 1. The van der Waals surface area contributed by atoms with Crippen LogP contribution in [0, 0.1) is 0 Å². The molecular formula is C10H13F3N4O. The maximum absolute atomic E-state index is 12.8. The molecule has 2 rings (SSSR count). The Morgan fingerprint density at radius 1 is 1.50 bits per heavy atom. The molecule has 100 valence electrons. The Bertz CT molecular complexity index is 466. The summed E-state index contributed by atoms with van der Waals surface area (Å²) < 4.78 is 39.6. The highest BCUT2D eigenvalue weighted by Crippen LogP contribution is 2.33. The van der Waals surface area contributed by atoms with E-state index in [1.165, 1.54) is 4.68 Å². The van der Waals surface area contributed by atoms with Gasteiger partial charge in [0.05, 0.1) is 0 Å². The standard InChI is InChI=1S/C10H13F3N4O/c11-10(12,13)9-6-5-15-3-1-7(6)17(16-9)4-2-8(14)18/h15H,1-5H2,(H2,14,18). The van der Waals surface area contributed by atoms with E-state index in [4.69, 9.17) is 5.73 Å². The van der Waals surface area contributed by atoms with Crippen molar-refractivity contribution in [2.75, 3.05) is 6.54 Å². The first kappa shape index (κ1) is 12.9. The number of carbonyl (C=O) groups is 1. The number of fused-ring (bicyclic) bond motifs is 1. The number of hydrogen-bond acceptors (Lipinski definition) is 3. The smallest absolute Gasteiger partial charge is 0.370 e. The molecule has 1 amide bonds. The number of nitrogens with one attached hydrogen (secondary N) is 1. The first-order valence-corrected chi connectivity index (χ1v) is 5.54. The van der Waals surface area contributed by atoms with Gasteiger partial charge in [-0.25, -0.2) is 0 Å². The van der Waals surface area contributed by atoms with Crippen LogP contribution in [0.2, 0.25) is 0 Å². The number of carbonyl (C=O) groups excluding carboxylic acids is 1. The zero-order valence-corrected chi connectivity index (χ0v) is 9.55. The number of halogens is 3. The average molecular weight is 262 g/mol. The van der Waals surface area contributed by atoms with Crippen molar-refractivity contribution >= 4 is 5.91 Å². The predicted molar refractivity (Wildman–Crippen MR) is 56.5 cm³/mol. The molecule has 0 spiro atoms. The van der Waals surface area contributed by atoms with Crippen molar-refractivity contribution in [2.45, 2.75) is 32.1 Å². The molecule has 0 saturated heterocycles. The highest BCUT2D eigenvalue weighted by Gasteiger charge is 2.39. The van der Waals surface area contributed by atoms with Crippen LogP contribution in [0.1, 0.15) is 23.4 Å². The molecule has 1 aromatic rings. The summed E-state index contributed by atoms with van der Waals surface area (Å²) in [5, 5.41) is 6.47. The molecule has 0 aromatic carbocycles. The number of nitrogens with zero attached hydrogens (tertiary/aromatic N) is 2. The van der Waals surface area contributed by atoms with E-state index in [9.17, 15) is 18.0 Å². The number of amides is 1. The van der Waals surface area contributed by atoms with Crippen molar-refractivity contribution in [3.05, 3.63) is 17.0 Å². The SMILES string of the molecule is NC(=O)CCn1nc(C(F)(F)F)c2c1CCNC2. The van der Waals surface area contributed by atoms with Gasteiger partial charge in [0.15, 0.2) is 5.69 Å². The van der Waals surface area contributed by atoms with E-state index in [0.29, 0.717) is 18.7 Å². The van der Waals surface area contributed by atoms with Crippen LogP contribution in [0.25, 0.3) is 0 Å². The summed E-state index contributed by atoms with van der Waals surface area (Å²) >= 11 is 0. The lowest BCUT2D eigenvalue weighted by molar-refractivity contribution is -0.142. The highest BCUT2D eigenvalue weighted by atomic mass is 19.4. The fourth-order valence-electron chi connectivity index (χ4n) is 2.05. The number of rotatable bonds is 3. The summed E-state index contributed by atoms with van der Waals surface area (Å²) in [6.07, 6.45) is -4.02. The van der Waals surface area contributed by atoms with Crippen LogP contribution >= 0.6 is 0 Å². The fraction of sp³-hybridized carbons (Fsp3) is 0.600. The molecule has 0 fully saturated rings. The second kappa shape index (κ2) is 4.60. The second-order valence-electron chi connectivity index (χ2n) is 4.14. The lowest BCUT2D eigenvalue weighted by Gasteiger charge is -2.15. The number of nitrogens with two attached hydrogens (primary N) is 1. The lowest BCUT2D eigenvalue weighted by Crippen LogP contribution is -2.26. The Morgan fingerprint density at radius 2 is 2.22 bits per heavy atom. The first-order valence-electron chi connectivity index (χ1n) is 5.54. The van der Waals surface area contributed by atoms with Crippen molar-refractivity contribution in [1.29, 1.82) is 0 Å². The fourth-order valence-corrected chi connectivity index (χ4v) is 2.05. The van der Waals surface area contributed by atoms with Gasteiger partial charge in [0.2, 0.25) is 5.91 Å². The molecule has 0 bridgehead atoms. The van der Waals surface area contributed by atoms with E-state index in [2.05, 4.69) is 10.4 Å². The summed E-state index contributed by atoms with van der Waals surface area (Å²) in [6.45, 7) is 0.848. The van der Waals surface area contributed by atoms with Gasteiger partial charge in [-0.1, -0.05) is 0 Å². The first-order chi connectivity index (χ1) is 8.39. The predicted octanol–water partition coefficient (Wildman–Crippen LogP) is 0.423. The number of primary amides is 1. The number of hydrogen-bond donors (Lipinski definition) is 2. The van der Waals surface area contributed by atoms with Gasteiger partial charge in [0.1, 0.15) is 0 Å². The molecule has 0 unspecified atom stereocenters. The monoisotopic (exact) mass is 262 g/mol. The third-order valence-electron chi connectivity index (χ3n) is 2.85. The van der Waals surface area contributed by atoms with E-state index in [1.54, 1.807) is 0 Å². The summed E-state index contributed by atoms with van der Waals surface area (Å²) in [5.41, 5.74) is 4.85. The van der Waals surface area contributed by atoms with E-state index in [-0.39, 0.29) is 25.1 Å². The molecule has 0 radical (unpaired) electrons. The highest BCUT2D eigenvalue weighted by molar-refractivity contribution is 5.73. The summed E-state index contributed by atoms with van der Waals surface area (Å²) in [6, 6.07) is 0. The van der Waals surface area contributed by atoms with Gasteiger partial charge in [0, 0.05) is 43.7 Å². The van der Waals surface area contributed by atoms with E-state index in [0.717, 1.165) is 0 Å². The number of alkyl halides is 3. The van der Waals surface area contributed by atoms with Gasteiger partial charge in [-0.3, -0.25) is 9.48 Å². The molecule has 1 aromatic heterocycles. The minimum atomic E-state index is -4.47. The van der Waals surface area contributed by atoms with Crippen LogP contribution < -0.4 is 11.1 Å². The van der Waals surface area contributed by atoms with Gasteiger partial charge in [-0.05, 0) is 0 Å². The molecule has 8 heteroatoms. The maximum Gasteiger partial charge on any atom is 0.435 e. The minimum absolute atomic E-state index is 0.0150. The van der Waals surface area contributed by atoms with Gasteiger partial charge < -0.3 is 11.1 Å². The van der Waals surface area contributed by atoms with Crippen molar-refractivity contribution < 1.29 is 18.0 Å². The molecule has 0 atom stereocenters. The molecule has 0 aliphatic carbocycles. The summed E-state index contributed by atoms with van der Waals surface area (Å²) in [5.74, 6) is -0.554. The van der Waals surface area contributed by atoms with Gasteiger partial charge in [-0.15, -0.1) is 0 Å². The second-order valence-corrected chi connectivity index (χ2v) is 4.14.